The highest BCUT2D eigenvalue weighted by molar-refractivity contribution is 6.80. The van der Waals surface area contributed by atoms with E-state index >= 15 is 0 Å². The van der Waals surface area contributed by atoms with Gasteiger partial charge in [0.25, 0.3) is 0 Å². The number of benzene rings is 1. The second-order valence-corrected chi connectivity index (χ2v) is 17.8. The largest absolute Gasteiger partial charge is 0.369 e. The second kappa shape index (κ2) is 12.3. The number of Topliss-reactive ketones (excluding diaryl/α,β-unsaturated/α-hetero) is 1. The molecule has 4 atom stereocenters. The van der Waals surface area contributed by atoms with Gasteiger partial charge in [-0.25, -0.2) is 0 Å². The molecule has 0 spiro atoms. The van der Waals surface area contributed by atoms with Crippen LogP contribution in [0.1, 0.15) is 66.4 Å². The standard InChI is InChI=1S/C30H46O3Si/c1-22(20-31)18-26(33-21-25-12-10-9-11-13-25)14-15-27-24(3)19-28(32)29(27)23(2)16-17-34(7,8)30(4,5)6/h9-15,20,22-24,26H,16-19,21H2,1-8H3/b15-14+/t22-,23-,24-,26+/m0/s1. The summed E-state index contributed by atoms with van der Waals surface area (Å²) >= 11 is 0. The Morgan fingerprint density at radius 3 is 2.38 bits per heavy atom. The van der Waals surface area contributed by atoms with Gasteiger partial charge in [0.05, 0.1) is 20.8 Å². The number of hydrogen-bond acceptors (Lipinski definition) is 3. The molecule has 188 valence electrons. The number of ketones is 1. The molecule has 0 heterocycles. The van der Waals surface area contributed by atoms with E-state index in [1.54, 1.807) is 0 Å². The van der Waals surface area contributed by atoms with Crippen LogP contribution in [0.3, 0.4) is 0 Å². The summed E-state index contributed by atoms with van der Waals surface area (Å²) in [5, 5.41) is 0.357. The maximum Gasteiger partial charge on any atom is 0.160 e. The van der Waals surface area contributed by atoms with Crippen molar-refractivity contribution in [2.24, 2.45) is 17.8 Å². The summed E-state index contributed by atoms with van der Waals surface area (Å²) < 4.78 is 6.20. The summed E-state index contributed by atoms with van der Waals surface area (Å²) in [7, 11) is -1.39. The summed E-state index contributed by atoms with van der Waals surface area (Å²) in [5.41, 5.74) is 3.30. The van der Waals surface area contributed by atoms with Crippen molar-refractivity contribution in [2.45, 2.75) is 97.7 Å². The molecule has 0 saturated carbocycles. The van der Waals surface area contributed by atoms with Crippen molar-refractivity contribution in [3.8, 4) is 0 Å². The molecule has 1 aliphatic rings. The summed E-state index contributed by atoms with van der Waals surface area (Å²) in [4.78, 5) is 24.3. The Morgan fingerprint density at radius 2 is 1.79 bits per heavy atom. The topological polar surface area (TPSA) is 43.4 Å². The van der Waals surface area contributed by atoms with E-state index in [0.717, 1.165) is 23.8 Å². The van der Waals surface area contributed by atoms with E-state index in [0.29, 0.717) is 30.3 Å². The predicted molar refractivity (Wildman–Crippen MR) is 146 cm³/mol. The molecule has 0 saturated heterocycles. The fraction of sp³-hybridized carbons (Fsp3) is 0.600. The summed E-state index contributed by atoms with van der Waals surface area (Å²) in [6.07, 6.45) is 7.33. The third-order valence-corrected chi connectivity index (χ3v) is 13.6. The molecule has 0 bridgehead atoms. The van der Waals surface area contributed by atoms with Gasteiger partial charge in [-0.3, -0.25) is 4.79 Å². The molecule has 0 fully saturated rings. The maximum atomic E-state index is 13.0. The van der Waals surface area contributed by atoms with E-state index in [2.05, 4.69) is 59.9 Å². The van der Waals surface area contributed by atoms with Gasteiger partial charge in [0.15, 0.2) is 5.78 Å². The number of allylic oxidation sites excluding steroid dienone is 3. The van der Waals surface area contributed by atoms with Gasteiger partial charge >= 0.3 is 0 Å². The number of carbonyl (C=O) groups excluding carboxylic acids is 2. The third kappa shape index (κ3) is 7.88. The van der Waals surface area contributed by atoms with Gasteiger partial charge in [0.1, 0.15) is 6.29 Å². The zero-order chi connectivity index (χ0) is 25.5. The minimum atomic E-state index is -1.39. The first-order valence-electron chi connectivity index (χ1n) is 12.9. The van der Waals surface area contributed by atoms with E-state index in [1.165, 1.54) is 11.6 Å². The second-order valence-electron chi connectivity index (χ2n) is 12.0. The number of hydrogen-bond donors (Lipinski definition) is 0. The molecule has 3 nitrogen and oxygen atoms in total. The van der Waals surface area contributed by atoms with Crippen LogP contribution in [0.25, 0.3) is 0 Å². The molecule has 0 unspecified atom stereocenters. The lowest BCUT2D eigenvalue weighted by molar-refractivity contribution is -0.115. The van der Waals surface area contributed by atoms with Crippen LogP contribution in [-0.2, 0) is 20.9 Å². The van der Waals surface area contributed by atoms with E-state index < -0.39 is 8.07 Å². The summed E-state index contributed by atoms with van der Waals surface area (Å²) in [6, 6.07) is 11.3. The maximum absolute atomic E-state index is 13.0. The van der Waals surface area contributed by atoms with E-state index in [1.807, 2.05) is 37.3 Å². The fourth-order valence-corrected chi connectivity index (χ4v) is 6.35. The summed E-state index contributed by atoms with van der Waals surface area (Å²) in [6.45, 7) is 18.8. The van der Waals surface area contributed by atoms with Crippen molar-refractivity contribution in [1.82, 2.24) is 0 Å². The molecule has 1 aromatic carbocycles. The normalized spacial score (nSPS) is 20.1. The highest BCUT2D eigenvalue weighted by Crippen LogP contribution is 2.42. The van der Waals surface area contributed by atoms with Gasteiger partial charge in [-0.05, 0) is 40.9 Å². The van der Waals surface area contributed by atoms with Crippen molar-refractivity contribution in [2.75, 3.05) is 0 Å². The monoisotopic (exact) mass is 482 g/mol. The first-order valence-corrected chi connectivity index (χ1v) is 16.1. The SMILES string of the molecule is C[C@H](C=O)C[C@@H](/C=C/C1=C([C@@H](C)CC[Si](C)(C)C(C)(C)C)C(=O)C[C@@H]1C)OCc1ccccc1. The minimum Gasteiger partial charge on any atom is -0.369 e. The number of rotatable bonds is 12. The van der Waals surface area contributed by atoms with Gasteiger partial charge in [0, 0.05) is 17.9 Å². The first-order chi connectivity index (χ1) is 15.9. The Labute approximate surface area is 209 Å². The van der Waals surface area contributed by atoms with E-state index in [-0.39, 0.29) is 23.9 Å². The molecule has 2 rings (SSSR count). The predicted octanol–water partition coefficient (Wildman–Crippen LogP) is 7.79. The van der Waals surface area contributed by atoms with Crippen molar-refractivity contribution >= 4 is 20.1 Å². The van der Waals surface area contributed by atoms with E-state index in [9.17, 15) is 9.59 Å². The van der Waals surface area contributed by atoms with Gasteiger partial charge < -0.3 is 9.53 Å². The molecular formula is C30H46O3Si. The van der Waals surface area contributed by atoms with E-state index in [4.69, 9.17) is 4.74 Å². The molecule has 0 aliphatic heterocycles. The average molecular weight is 483 g/mol. The molecule has 0 amide bonds. The van der Waals surface area contributed by atoms with Crippen molar-refractivity contribution in [3.05, 3.63) is 59.2 Å². The van der Waals surface area contributed by atoms with Gasteiger partial charge in [-0.1, -0.05) is 103 Å². The Hall–Kier alpha value is -1.78. The highest BCUT2D eigenvalue weighted by Gasteiger charge is 2.37. The van der Waals surface area contributed by atoms with Crippen molar-refractivity contribution < 1.29 is 14.3 Å². The molecule has 34 heavy (non-hydrogen) atoms. The highest BCUT2D eigenvalue weighted by atomic mass is 28.3. The Morgan fingerprint density at radius 1 is 1.15 bits per heavy atom. The fourth-order valence-electron chi connectivity index (χ4n) is 4.45. The minimum absolute atomic E-state index is 0.0787. The third-order valence-electron chi connectivity index (χ3n) is 7.99. The average Bonchev–Trinajstić information content (AvgIpc) is 3.06. The lowest BCUT2D eigenvalue weighted by Gasteiger charge is -2.37. The lowest BCUT2D eigenvalue weighted by Crippen LogP contribution is -2.37. The van der Waals surface area contributed by atoms with Gasteiger partial charge in [-0.2, -0.15) is 0 Å². The van der Waals surface area contributed by atoms with Crippen LogP contribution < -0.4 is 0 Å². The zero-order valence-electron chi connectivity index (χ0n) is 22.7. The number of carbonyl (C=O) groups is 2. The first kappa shape index (κ1) is 28.5. The Balaban J connectivity index is 2.21. The molecule has 0 radical (unpaired) electrons. The van der Waals surface area contributed by atoms with Crippen LogP contribution in [-0.4, -0.2) is 26.2 Å². The van der Waals surface area contributed by atoms with Crippen LogP contribution in [0.15, 0.2) is 53.6 Å². The van der Waals surface area contributed by atoms with Crippen LogP contribution in [0.2, 0.25) is 24.2 Å². The zero-order valence-corrected chi connectivity index (χ0v) is 23.7. The van der Waals surface area contributed by atoms with Crippen molar-refractivity contribution in [1.29, 1.82) is 0 Å². The smallest absolute Gasteiger partial charge is 0.160 e. The quantitative estimate of drug-likeness (QED) is 0.225. The number of ether oxygens (including phenoxy) is 1. The Kier molecular flexibility index (Phi) is 10.3. The Bertz CT molecular complexity index is 876. The molecule has 1 aromatic rings. The molecule has 4 heteroatoms. The molecule has 1 aliphatic carbocycles. The lowest BCUT2D eigenvalue weighted by atomic mass is 9.92. The van der Waals surface area contributed by atoms with Crippen molar-refractivity contribution in [3.63, 3.8) is 0 Å². The van der Waals surface area contributed by atoms with Gasteiger partial charge in [0.2, 0.25) is 0 Å². The molecular weight excluding hydrogens is 436 g/mol. The van der Waals surface area contributed by atoms with Crippen LogP contribution in [0.5, 0.6) is 0 Å². The molecule has 0 N–H and O–H groups in total. The van der Waals surface area contributed by atoms with Crippen LogP contribution >= 0.6 is 0 Å². The summed E-state index contributed by atoms with van der Waals surface area (Å²) in [5.74, 6) is 0.721. The van der Waals surface area contributed by atoms with Gasteiger partial charge in [-0.15, -0.1) is 0 Å². The number of aldehydes is 1. The van der Waals surface area contributed by atoms with Crippen LogP contribution in [0, 0.1) is 17.8 Å². The van der Waals surface area contributed by atoms with Crippen LogP contribution in [0.4, 0.5) is 0 Å². The molecule has 0 aromatic heterocycles.